The summed E-state index contributed by atoms with van der Waals surface area (Å²) in [6.07, 6.45) is 4.59. The van der Waals surface area contributed by atoms with Crippen molar-refractivity contribution in [3.8, 4) is 0 Å². The van der Waals surface area contributed by atoms with Crippen LogP contribution in [0.25, 0.3) is 0 Å². The van der Waals surface area contributed by atoms with Gasteiger partial charge in [-0.1, -0.05) is 19.0 Å². The summed E-state index contributed by atoms with van der Waals surface area (Å²) in [6.45, 7) is 5.12. The van der Waals surface area contributed by atoms with Gasteiger partial charge in [-0.3, -0.25) is 9.59 Å². The molecule has 1 N–H and O–H groups in total. The summed E-state index contributed by atoms with van der Waals surface area (Å²) in [7, 11) is 0. The zero-order valence-electron chi connectivity index (χ0n) is 12.7. The Hall–Kier alpha value is -1.85. The zero-order chi connectivity index (χ0) is 15.2. The van der Waals surface area contributed by atoms with Crippen LogP contribution in [0.5, 0.6) is 0 Å². The first-order valence-electron chi connectivity index (χ1n) is 7.54. The molecule has 0 aliphatic carbocycles. The predicted molar refractivity (Wildman–Crippen MR) is 77.2 cm³/mol. The largest absolute Gasteiger partial charge is 0.364 e. The molecule has 0 aromatic carbocycles. The molecule has 2 amide bonds. The van der Waals surface area contributed by atoms with Crippen molar-refractivity contribution in [2.24, 2.45) is 5.92 Å². The number of aromatic nitrogens is 1. The Morgan fingerprint density at radius 3 is 2.90 bits per heavy atom. The highest BCUT2D eigenvalue weighted by atomic mass is 16.5. The van der Waals surface area contributed by atoms with Crippen molar-refractivity contribution >= 4 is 11.8 Å². The Labute approximate surface area is 124 Å². The average molecular weight is 293 g/mol. The van der Waals surface area contributed by atoms with E-state index in [1.54, 1.807) is 11.0 Å². The minimum Gasteiger partial charge on any atom is -0.364 e. The SMILES string of the molecule is CC(C)C[C@@H](C(=O)NCc1ccon1)N1CCCCC1=O. The van der Waals surface area contributed by atoms with Crippen LogP contribution in [0.4, 0.5) is 0 Å². The Morgan fingerprint density at radius 2 is 2.29 bits per heavy atom. The fourth-order valence-corrected chi connectivity index (χ4v) is 2.60. The van der Waals surface area contributed by atoms with Crippen LogP contribution >= 0.6 is 0 Å². The van der Waals surface area contributed by atoms with E-state index >= 15 is 0 Å². The van der Waals surface area contributed by atoms with Gasteiger partial charge in [0.2, 0.25) is 11.8 Å². The summed E-state index contributed by atoms with van der Waals surface area (Å²) in [5.74, 6) is 0.327. The second-order valence-electron chi connectivity index (χ2n) is 5.90. The fourth-order valence-electron chi connectivity index (χ4n) is 2.60. The molecule has 0 saturated carbocycles. The van der Waals surface area contributed by atoms with Gasteiger partial charge in [0.05, 0.1) is 6.54 Å². The Morgan fingerprint density at radius 1 is 1.48 bits per heavy atom. The molecule has 1 fully saturated rings. The Balaban J connectivity index is 2.00. The third-order valence-corrected chi connectivity index (χ3v) is 3.67. The molecule has 21 heavy (non-hydrogen) atoms. The number of rotatable bonds is 6. The summed E-state index contributed by atoms with van der Waals surface area (Å²) in [5.41, 5.74) is 0.677. The number of nitrogens with one attached hydrogen (secondary N) is 1. The molecule has 2 rings (SSSR count). The third-order valence-electron chi connectivity index (χ3n) is 3.67. The molecule has 0 bridgehead atoms. The lowest BCUT2D eigenvalue weighted by atomic mass is 9.98. The number of hydrogen-bond donors (Lipinski definition) is 1. The van der Waals surface area contributed by atoms with Crippen molar-refractivity contribution in [1.29, 1.82) is 0 Å². The van der Waals surface area contributed by atoms with Crippen LogP contribution in [0.1, 0.15) is 45.2 Å². The highest BCUT2D eigenvalue weighted by Gasteiger charge is 2.31. The number of carbonyl (C=O) groups excluding carboxylic acids is 2. The monoisotopic (exact) mass is 293 g/mol. The number of carbonyl (C=O) groups is 2. The molecule has 1 aliphatic heterocycles. The molecule has 1 aromatic heterocycles. The van der Waals surface area contributed by atoms with Crippen LogP contribution in [-0.4, -0.2) is 34.5 Å². The van der Waals surface area contributed by atoms with E-state index in [0.717, 1.165) is 12.8 Å². The lowest BCUT2D eigenvalue weighted by Crippen LogP contribution is -2.51. The van der Waals surface area contributed by atoms with E-state index in [1.807, 2.05) is 0 Å². The van der Waals surface area contributed by atoms with E-state index in [2.05, 4.69) is 24.3 Å². The van der Waals surface area contributed by atoms with Crippen LogP contribution in [0.15, 0.2) is 16.9 Å². The first kappa shape index (κ1) is 15.5. The quantitative estimate of drug-likeness (QED) is 0.866. The molecule has 0 spiro atoms. The molecule has 6 nitrogen and oxygen atoms in total. The van der Waals surface area contributed by atoms with Gasteiger partial charge in [-0.05, 0) is 25.2 Å². The molecule has 1 atom stereocenters. The molecule has 0 unspecified atom stereocenters. The normalized spacial score (nSPS) is 17.1. The second-order valence-corrected chi connectivity index (χ2v) is 5.90. The first-order chi connectivity index (χ1) is 10.1. The van der Waals surface area contributed by atoms with Crippen LogP contribution < -0.4 is 5.32 Å². The molecule has 2 heterocycles. The van der Waals surface area contributed by atoms with Gasteiger partial charge in [-0.25, -0.2) is 0 Å². The number of hydrogen-bond acceptors (Lipinski definition) is 4. The van der Waals surface area contributed by atoms with Crippen molar-refractivity contribution in [2.45, 2.75) is 52.1 Å². The summed E-state index contributed by atoms with van der Waals surface area (Å²) in [6, 6.07) is 1.33. The number of piperidine rings is 1. The first-order valence-corrected chi connectivity index (χ1v) is 7.54. The van der Waals surface area contributed by atoms with Crippen molar-refractivity contribution < 1.29 is 14.1 Å². The van der Waals surface area contributed by atoms with E-state index in [-0.39, 0.29) is 17.9 Å². The van der Waals surface area contributed by atoms with Crippen molar-refractivity contribution in [3.63, 3.8) is 0 Å². The van der Waals surface area contributed by atoms with Gasteiger partial charge in [0.15, 0.2) is 0 Å². The maximum atomic E-state index is 12.5. The second kappa shape index (κ2) is 7.24. The molecule has 116 valence electrons. The lowest BCUT2D eigenvalue weighted by Gasteiger charge is -2.34. The molecule has 6 heteroatoms. The maximum absolute atomic E-state index is 12.5. The maximum Gasteiger partial charge on any atom is 0.243 e. The van der Waals surface area contributed by atoms with Gasteiger partial charge < -0.3 is 14.7 Å². The van der Waals surface area contributed by atoms with Crippen LogP contribution in [-0.2, 0) is 16.1 Å². The topological polar surface area (TPSA) is 75.4 Å². The summed E-state index contributed by atoms with van der Waals surface area (Å²) in [5, 5.41) is 6.62. The summed E-state index contributed by atoms with van der Waals surface area (Å²) < 4.78 is 4.74. The van der Waals surface area contributed by atoms with Gasteiger partial charge in [0.25, 0.3) is 0 Å². The van der Waals surface area contributed by atoms with Gasteiger partial charge in [-0.15, -0.1) is 0 Å². The van der Waals surface area contributed by atoms with Gasteiger partial charge in [0.1, 0.15) is 18.0 Å². The highest BCUT2D eigenvalue weighted by Crippen LogP contribution is 2.19. The Bertz CT molecular complexity index is 471. The third kappa shape index (κ3) is 4.31. The predicted octanol–water partition coefficient (Wildman–Crippen LogP) is 1.72. The van der Waals surface area contributed by atoms with Crippen LogP contribution in [0.3, 0.4) is 0 Å². The highest BCUT2D eigenvalue weighted by molar-refractivity contribution is 5.88. The Kier molecular flexibility index (Phi) is 5.36. The minimum atomic E-state index is -0.385. The number of nitrogens with zero attached hydrogens (tertiary/aromatic N) is 2. The van der Waals surface area contributed by atoms with Gasteiger partial charge in [0, 0.05) is 19.0 Å². The van der Waals surface area contributed by atoms with Crippen molar-refractivity contribution in [3.05, 3.63) is 18.0 Å². The molecule has 1 aromatic rings. The number of amides is 2. The average Bonchev–Trinajstić information content (AvgIpc) is 2.96. The van der Waals surface area contributed by atoms with E-state index in [4.69, 9.17) is 4.52 Å². The lowest BCUT2D eigenvalue weighted by molar-refractivity contribution is -0.143. The molecule has 0 radical (unpaired) electrons. The van der Waals surface area contributed by atoms with Crippen LogP contribution in [0.2, 0.25) is 0 Å². The summed E-state index contributed by atoms with van der Waals surface area (Å²) in [4.78, 5) is 26.3. The van der Waals surface area contributed by atoms with E-state index < -0.39 is 0 Å². The van der Waals surface area contributed by atoms with E-state index in [9.17, 15) is 9.59 Å². The van der Waals surface area contributed by atoms with Crippen molar-refractivity contribution in [1.82, 2.24) is 15.4 Å². The van der Waals surface area contributed by atoms with E-state index in [0.29, 0.717) is 37.5 Å². The number of likely N-dealkylation sites (tertiary alicyclic amines) is 1. The molecular formula is C15H23N3O3. The van der Waals surface area contributed by atoms with E-state index in [1.165, 1.54) is 6.26 Å². The zero-order valence-corrected chi connectivity index (χ0v) is 12.7. The fraction of sp³-hybridized carbons (Fsp3) is 0.667. The van der Waals surface area contributed by atoms with Crippen LogP contribution in [0, 0.1) is 5.92 Å². The van der Waals surface area contributed by atoms with Gasteiger partial charge >= 0.3 is 0 Å². The van der Waals surface area contributed by atoms with Crippen molar-refractivity contribution in [2.75, 3.05) is 6.54 Å². The van der Waals surface area contributed by atoms with Gasteiger partial charge in [-0.2, -0.15) is 0 Å². The molecular weight excluding hydrogens is 270 g/mol. The molecule has 1 aliphatic rings. The molecule has 1 saturated heterocycles. The smallest absolute Gasteiger partial charge is 0.243 e. The summed E-state index contributed by atoms with van der Waals surface area (Å²) >= 11 is 0. The standard InChI is InChI=1S/C15H23N3O3/c1-11(2)9-13(18-7-4-3-5-14(18)19)15(20)16-10-12-6-8-21-17-12/h6,8,11,13H,3-5,7,9-10H2,1-2H3,(H,16,20)/t13-/m0/s1. The minimum absolute atomic E-state index is 0.0866.